The van der Waals surface area contributed by atoms with Gasteiger partial charge in [0.15, 0.2) is 0 Å². The molecule has 0 saturated carbocycles. The molecule has 23 heavy (non-hydrogen) atoms. The Morgan fingerprint density at radius 2 is 2.09 bits per heavy atom. The zero-order chi connectivity index (χ0) is 16.6. The second-order valence-electron chi connectivity index (χ2n) is 5.65. The second kappa shape index (κ2) is 5.66. The van der Waals surface area contributed by atoms with Crippen LogP contribution in [0.4, 0.5) is 19.0 Å². The number of alkyl halides is 3. The third kappa shape index (κ3) is 3.05. The molecule has 2 atom stereocenters. The number of nitriles is 1. The molecule has 8 heteroatoms. The van der Waals surface area contributed by atoms with Crippen molar-refractivity contribution in [2.24, 2.45) is 11.7 Å². The van der Waals surface area contributed by atoms with Gasteiger partial charge in [0, 0.05) is 19.1 Å². The zero-order valence-electron chi connectivity index (χ0n) is 12.1. The monoisotopic (exact) mass is 321 g/mol. The number of hydrogen-bond donors (Lipinski definition) is 1. The van der Waals surface area contributed by atoms with Gasteiger partial charge >= 0.3 is 6.18 Å². The Balaban J connectivity index is 1.95. The summed E-state index contributed by atoms with van der Waals surface area (Å²) < 4.78 is 39.0. The number of nitrogens with two attached hydrogens (primary N) is 1. The van der Waals surface area contributed by atoms with Crippen LogP contribution in [0.25, 0.3) is 11.0 Å². The number of rotatable bonds is 1. The van der Waals surface area contributed by atoms with Gasteiger partial charge < -0.3 is 10.6 Å². The lowest BCUT2D eigenvalue weighted by Crippen LogP contribution is -2.51. The minimum Gasteiger partial charge on any atom is -0.353 e. The van der Waals surface area contributed by atoms with Crippen LogP contribution in [0.15, 0.2) is 24.4 Å². The van der Waals surface area contributed by atoms with E-state index in [1.54, 1.807) is 18.2 Å². The number of benzene rings is 1. The minimum atomic E-state index is -4.28. The molecule has 1 saturated heterocycles. The standard InChI is InChI=1S/C15H14F3N5/c16-15(17,18)10-4-11(20)8-23(7-10)13-6-21-14-9(5-19)2-1-3-12(14)22-13/h1-3,6,10-11H,4,7-8,20H2. The molecule has 0 amide bonds. The third-order valence-electron chi connectivity index (χ3n) is 3.95. The molecule has 0 aliphatic carbocycles. The minimum absolute atomic E-state index is 0.0837. The van der Waals surface area contributed by atoms with Crippen LogP contribution in [0, 0.1) is 17.2 Å². The van der Waals surface area contributed by atoms with E-state index in [0.29, 0.717) is 29.0 Å². The summed E-state index contributed by atoms with van der Waals surface area (Å²) in [4.78, 5) is 10.1. The van der Waals surface area contributed by atoms with E-state index < -0.39 is 18.1 Å². The number of hydrogen-bond acceptors (Lipinski definition) is 5. The molecule has 2 heterocycles. The fourth-order valence-electron chi connectivity index (χ4n) is 2.84. The number of aromatic nitrogens is 2. The molecule has 3 rings (SSSR count). The first-order valence-corrected chi connectivity index (χ1v) is 7.11. The van der Waals surface area contributed by atoms with Crippen molar-refractivity contribution < 1.29 is 13.2 Å². The summed E-state index contributed by atoms with van der Waals surface area (Å²) in [5, 5.41) is 9.04. The van der Waals surface area contributed by atoms with Crippen LogP contribution in [0.3, 0.4) is 0 Å². The highest BCUT2D eigenvalue weighted by atomic mass is 19.4. The first-order valence-electron chi connectivity index (χ1n) is 7.11. The lowest BCUT2D eigenvalue weighted by atomic mass is 9.94. The lowest BCUT2D eigenvalue weighted by molar-refractivity contribution is -0.177. The van der Waals surface area contributed by atoms with Gasteiger partial charge in [-0.1, -0.05) is 6.07 Å². The van der Waals surface area contributed by atoms with Gasteiger partial charge in [0.25, 0.3) is 0 Å². The van der Waals surface area contributed by atoms with Crippen LogP contribution in [-0.4, -0.2) is 35.3 Å². The molecule has 120 valence electrons. The molecule has 1 fully saturated rings. The average Bonchev–Trinajstić information content (AvgIpc) is 2.52. The fourth-order valence-corrected chi connectivity index (χ4v) is 2.84. The van der Waals surface area contributed by atoms with Gasteiger partial charge in [0.1, 0.15) is 17.4 Å². The van der Waals surface area contributed by atoms with Gasteiger partial charge in [-0.05, 0) is 18.6 Å². The molecule has 1 aliphatic heterocycles. The van der Waals surface area contributed by atoms with Crippen LogP contribution >= 0.6 is 0 Å². The SMILES string of the molecule is N#Cc1cccc2nc(N3CC(N)CC(C(F)(F)F)C3)cnc12. The van der Waals surface area contributed by atoms with Crippen molar-refractivity contribution in [2.45, 2.75) is 18.6 Å². The van der Waals surface area contributed by atoms with Crippen molar-refractivity contribution in [3.63, 3.8) is 0 Å². The van der Waals surface area contributed by atoms with E-state index in [1.165, 1.54) is 11.1 Å². The van der Waals surface area contributed by atoms with Crippen LogP contribution in [-0.2, 0) is 0 Å². The van der Waals surface area contributed by atoms with E-state index in [-0.39, 0.29) is 13.0 Å². The maximum Gasteiger partial charge on any atom is 0.393 e. The smallest absolute Gasteiger partial charge is 0.353 e. The third-order valence-corrected chi connectivity index (χ3v) is 3.95. The van der Waals surface area contributed by atoms with E-state index >= 15 is 0 Å². The first-order chi connectivity index (χ1) is 10.9. The van der Waals surface area contributed by atoms with E-state index in [1.807, 2.05) is 6.07 Å². The molecule has 0 spiro atoms. The van der Waals surface area contributed by atoms with Crippen molar-refractivity contribution in [2.75, 3.05) is 18.0 Å². The zero-order valence-corrected chi connectivity index (χ0v) is 12.1. The molecular formula is C15H14F3N5. The van der Waals surface area contributed by atoms with Gasteiger partial charge in [-0.2, -0.15) is 18.4 Å². The Morgan fingerprint density at radius 1 is 1.30 bits per heavy atom. The summed E-state index contributed by atoms with van der Waals surface area (Å²) in [6, 6.07) is 6.41. The highest BCUT2D eigenvalue weighted by Crippen LogP contribution is 2.34. The van der Waals surface area contributed by atoms with E-state index in [4.69, 9.17) is 11.0 Å². The van der Waals surface area contributed by atoms with Crippen molar-refractivity contribution >= 4 is 16.9 Å². The Kier molecular flexibility index (Phi) is 3.82. The molecular weight excluding hydrogens is 307 g/mol. The van der Waals surface area contributed by atoms with E-state index in [9.17, 15) is 13.2 Å². The number of piperidine rings is 1. The Morgan fingerprint density at radius 3 is 2.78 bits per heavy atom. The Labute approximate surface area is 130 Å². The maximum atomic E-state index is 13.0. The average molecular weight is 321 g/mol. The first kappa shape index (κ1) is 15.5. The van der Waals surface area contributed by atoms with Crippen LogP contribution in [0.5, 0.6) is 0 Å². The summed E-state index contributed by atoms with van der Waals surface area (Å²) in [6.07, 6.45) is -2.97. The van der Waals surface area contributed by atoms with Gasteiger partial charge in [0.2, 0.25) is 0 Å². The molecule has 1 aromatic carbocycles. The number of anilines is 1. The maximum absolute atomic E-state index is 13.0. The van der Waals surface area contributed by atoms with E-state index in [0.717, 1.165) is 0 Å². The molecule has 0 radical (unpaired) electrons. The fraction of sp³-hybridized carbons (Fsp3) is 0.400. The molecule has 2 N–H and O–H groups in total. The van der Waals surface area contributed by atoms with E-state index in [2.05, 4.69) is 9.97 Å². The lowest BCUT2D eigenvalue weighted by Gasteiger charge is -2.37. The predicted octanol–water partition coefficient (Wildman–Crippen LogP) is 2.22. The molecule has 1 aromatic heterocycles. The summed E-state index contributed by atoms with van der Waals surface area (Å²) in [5.74, 6) is -1.13. The molecule has 5 nitrogen and oxygen atoms in total. The van der Waals surface area contributed by atoms with Crippen molar-refractivity contribution in [1.29, 1.82) is 5.26 Å². The number of nitrogens with zero attached hydrogens (tertiary/aromatic N) is 4. The van der Waals surface area contributed by atoms with Crippen molar-refractivity contribution in [1.82, 2.24) is 9.97 Å². The predicted molar refractivity (Wildman–Crippen MR) is 78.6 cm³/mol. The quantitative estimate of drug-likeness (QED) is 0.871. The summed E-state index contributed by atoms with van der Waals surface area (Å²) in [7, 11) is 0. The number of halogens is 3. The van der Waals surface area contributed by atoms with Gasteiger partial charge in [-0.25, -0.2) is 9.97 Å². The van der Waals surface area contributed by atoms with Gasteiger partial charge in [-0.3, -0.25) is 0 Å². The van der Waals surface area contributed by atoms with Crippen molar-refractivity contribution in [3.05, 3.63) is 30.0 Å². The summed E-state index contributed by atoms with van der Waals surface area (Å²) in [6.45, 7) is 0.111. The number of para-hydroxylation sites is 1. The molecule has 2 unspecified atom stereocenters. The second-order valence-corrected chi connectivity index (χ2v) is 5.65. The summed E-state index contributed by atoms with van der Waals surface area (Å²) >= 11 is 0. The molecule has 0 bridgehead atoms. The largest absolute Gasteiger partial charge is 0.393 e. The molecule has 1 aliphatic rings. The number of fused-ring (bicyclic) bond motifs is 1. The van der Waals surface area contributed by atoms with Crippen LogP contribution in [0.1, 0.15) is 12.0 Å². The molecule has 2 aromatic rings. The normalized spacial score (nSPS) is 22.1. The summed E-state index contributed by atoms with van der Waals surface area (Å²) in [5.41, 5.74) is 7.07. The van der Waals surface area contributed by atoms with Gasteiger partial charge in [-0.15, -0.1) is 0 Å². The Hall–Kier alpha value is -2.40. The highest BCUT2D eigenvalue weighted by Gasteiger charge is 2.44. The van der Waals surface area contributed by atoms with Gasteiger partial charge in [0.05, 0.1) is 23.2 Å². The highest BCUT2D eigenvalue weighted by molar-refractivity contribution is 5.81. The van der Waals surface area contributed by atoms with Crippen molar-refractivity contribution in [3.8, 4) is 6.07 Å². The van der Waals surface area contributed by atoms with Crippen LogP contribution in [0.2, 0.25) is 0 Å². The topological polar surface area (TPSA) is 78.8 Å². The Bertz CT molecular complexity index is 768. The van der Waals surface area contributed by atoms with Crippen LogP contribution < -0.4 is 10.6 Å².